The molecule has 36 heavy (non-hydrogen) atoms. The number of halogens is 1. The monoisotopic (exact) mass is 486 g/mol. The smallest absolute Gasteiger partial charge is 0.290 e. The molecule has 0 saturated heterocycles. The van der Waals surface area contributed by atoms with E-state index in [0.29, 0.717) is 18.9 Å². The predicted molar refractivity (Wildman–Crippen MR) is 136 cm³/mol. The maximum absolute atomic E-state index is 13.9. The topological polar surface area (TPSA) is 63.0 Å². The molecule has 1 atom stereocenters. The number of benzene rings is 3. The molecule has 1 aromatic heterocycles. The summed E-state index contributed by atoms with van der Waals surface area (Å²) in [5, 5.41) is 0.129. The number of rotatable bonds is 8. The van der Waals surface area contributed by atoms with Crippen LogP contribution in [0.15, 0.2) is 82.0 Å². The van der Waals surface area contributed by atoms with Crippen molar-refractivity contribution in [2.45, 2.75) is 19.1 Å². The van der Waals surface area contributed by atoms with Crippen LogP contribution in [0, 0.1) is 5.82 Å². The van der Waals surface area contributed by atoms with Crippen LogP contribution in [0.1, 0.15) is 39.7 Å². The van der Waals surface area contributed by atoms with E-state index in [1.54, 1.807) is 4.90 Å². The molecule has 1 aliphatic heterocycles. The van der Waals surface area contributed by atoms with E-state index in [-0.39, 0.29) is 33.6 Å². The second-order valence-electron chi connectivity index (χ2n) is 9.22. The van der Waals surface area contributed by atoms with Crippen LogP contribution in [0.25, 0.3) is 11.0 Å². The molecule has 0 radical (unpaired) electrons. The molecule has 0 N–H and O–H groups in total. The van der Waals surface area contributed by atoms with Crippen molar-refractivity contribution in [3.05, 3.63) is 111 Å². The van der Waals surface area contributed by atoms with Gasteiger partial charge in [0, 0.05) is 6.54 Å². The van der Waals surface area contributed by atoms with Crippen LogP contribution < -0.4 is 10.2 Å². The van der Waals surface area contributed by atoms with Crippen molar-refractivity contribution in [1.82, 2.24) is 9.80 Å². The van der Waals surface area contributed by atoms with Gasteiger partial charge in [-0.2, -0.15) is 0 Å². The van der Waals surface area contributed by atoms with Gasteiger partial charge in [-0.3, -0.25) is 9.59 Å². The number of hydrogen-bond acceptors (Lipinski definition) is 5. The number of carbonyl (C=O) groups excluding carboxylic acids is 1. The highest BCUT2D eigenvalue weighted by molar-refractivity contribution is 5.99. The maximum Gasteiger partial charge on any atom is 0.290 e. The molecular weight excluding hydrogens is 459 g/mol. The Kier molecular flexibility index (Phi) is 6.57. The van der Waals surface area contributed by atoms with Crippen molar-refractivity contribution in [1.29, 1.82) is 0 Å². The van der Waals surface area contributed by atoms with E-state index < -0.39 is 11.9 Å². The van der Waals surface area contributed by atoms with Gasteiger partial charge in [0.05, 0.1) is 17.0 Å². The molecule has 3 aromatic carbocycles. The summed E-state index contributed by atoms with van der Waals surface area (Å²) in [5.41, 5.74) is 1.89. The highest BCUT2D eigenvalue weighted by Crippen LogP contribution is 2.38. The van der Waals surface area contributed by atoms with E-state index >= 15 is 0 Å². The first-order valence-corrected chi connectivity index (χ1v) is 11.9. The Bertz CT molecular complexity index is 1450. The summed E-state index contributed by atoms with van der Waals surface area (Å²) < 4.78 is 25.7. The predicted octanol–water partition coefficient (Wildman–Crippen LogP) is 5.01. The average molecular weight is 487 g/mol. The molecule has 0 spiro atoms. The first-order chi connectivity index (χ1) is 17.4. The van der Waals surface area contributed by atoms with Gasteiger partial charge in [0.2, 0.25) is 5.76 Å². The van der Waals surface area contributed by atoms with Crippen molar-refractivity contribution >= 4 is 16.9 Å². The molecule has 1 amide bonds. The lowest BCUT2D eigenvalue weighted by atomic mass is 9.98. The van der Waals surface area contributed by atoms with Gasteiger partial charge in [0.25, 0.3) is 5.91 Å². The molecule has 0 aliphatic carbocycles. The van der Waals surface area contributed by atoms with Crippen LogP contribution in [0.5, 0.6) is 5.75 Å². The number of amides is 1. The van der Waals surface area contributed by atoms with Crippen LogP contribution in [0.3, 0.4) is 0 Å². The van der Waals surface area contributed by atoms with Crippen LogP contribution in [0.4, 0.5) is 4.39 Å². The largest absolute Gasteiger partial charge is 0.489 e. The molecule has 0 saturated carbocycles. The Morgan fingerprint density at radius 2 is 1.75 bits per heavy atom. The Balaban J connectivity index is 1.50. The lowest BCUT2D eigenvalue weighted by Gasteiger charge is -2.26. The van der Waals surface area contributed by atoms with Gasteiger partial charge < -0.3 is 19.0 Å². The molecule has 0 fully saturated rings. The normalized spacial score (nSPS) is 15.1. The third-order valence-electron chi connectivity index (χ3n) is 6.38. The molecule has 7 heteroatoms. The van der Waals surface area contributed by atoms with Gasteiger partial charge in [-0.1, -0.05) is 42.5 Å². The minimum Gasteiger partial charge on any atom is -0.489 e. The molecule has 184 valence electrons. The Morgan fingerprint density at radius 3 is 2.47 bits per heavy atom. The highest BCUT2D eigenvalue weighted by atomic mass is 19.1. The Hall–Kier alpha value is -3.97. The zero-order chi connectivity index (χ0) is 25.2. The molecule has 2 heterocycles. The quantitative estimate of drug-likeness (QED) is 0.351. The number of ether oxygens (including phenoxy) is 1. The lowest BCUT2D eigenvalue weighted by molar-refractivity contribution is 0.0722. The van der Waals surface area contributed by atoms with E-state index in [1.807, 2.05) is 73.6 Å². The summed E-state index contributed by atoms with van der Waals surface area (Å²) >= 11 is 0. The molecule has 1 unspecified atom stereocenters. The van der Waals surface area contributed by atoms with E-state index in [2.05, 4.69) is 0 Å². The molecule has 5 rings (SSSR count). The SMILES string of the molecule is CN(C)CCCN1C(=O)c2oc3ccc(F)cc3c(=O)c2C1c1ccc(OCc2ccccc2)cc1. The number of nitrogens with zero attached hydrogens (tertiary/aromatic N) is 2. The fourth-order valence-electron chi connectivity index (χ4n) is 4.61. The summed E-state index contributed by atoms with van der Waals surface area (Å²) in [5.74, 6) is -0.155. The second kappa shape index (κ2) is 9.95. The molecular formula is C29H27FN2O4. The summed E-state index contributed by atoms with van der Waals surface area (Å²) in [7, 11) is 3.94. The van der Waals surface area contributed by atoms with Crippen LogP contribution in [-0.4, -0.2) is 42.9 Å². The van der Waals surface area contributed by atoms with Crippen molar-refractivity contribution in [3.63, 3.8) is 0 Å². The molecule has 4 aromatic rings. The minimum absolute atomic E-state index is 0.0263. The molecule has 1 aliphatic rings. The van der Waals surface area contributed by atoms with Crippen molar-refractivity contribution in [2.24, 2.45) is 0 Å². The van der Waals surface area contributed by atoms with Gasteiger partial charge >= 0.3 is 0 Å². The summed E-state index contributed by atoms with van der Waals surface area (Å²) in [6.45, 7) is 1.67. The van der Waals surface area contributed by atoms with Crippen molar-refractivity contribution in [2.75, 3.05) is 27.2 Å². The lowest BCUT2D eigenvalue weighted by Crippen LogP contribution is -2.32. The minimum atomic E-state index is -0.623. The second-order valence-corrected chi connectivity index (χ2v) is 9.22. The van der Waals surface area contributed by atoms with Gasteiger partial charge in [0.1, 0.15) is 23.8 Å². The van der Waals surface area contributed by atoms with E-state index in [0.717, 1.165) is 30.2 Å². The van der Waals surface area contributed by atoms with Gasteiger partial charge in [-0.25, -0.2) is 4.39 Å². The van der Waals surface area contributed by atoms with Crippen molar-refractivity contribution in [3.8, 4) is 5.75 Å². The van der Waals surface area contributed by atoms with Gasteiger partial charge in [-0.05, 0) is 68.5 Å². The van der Waals surface area contributed by atoms with Crippen LogP contribution in [0.2, 0.25) is 0 Å². The fourth-order valence-corrected chi connectivity index (χ4v) is 4.61. The first-order valence-electron chi connectivity index (χ1n) is 11.9. The Labute approximate surface area is 208 Å². The molecule has 0 bridgehead atoms. The zero-order valence-corrected chi connectivity index (χ0v) is 20.2. The number of hydrogen-bond donors (Lipinski definition) is 0. The Morgan fingerprint density at radius 1 is 1.00 bits per heavy atom. The zero-order valence-electron chi connectivity index (χ0n) is 20.2. The van der Waals surface area contributed by atoms with Gasteiger partial charge in [-0.15, -0.1) is 0 Å². The first kappa shape index (κ1) is 23.8. The standard InChI is InChI=1S/C29H27FN2O4/c1-31(2)15-6-16-32-26(20-9-12-22(13-10-20)35-18-19-7-4-3-5-8-19)25-27(33)23-17-21(30)11-14-24(23)36-28(25)29(32)34/h3-5,7-14,17,26H,6,15-16,18H2,1-2H3. The highest BCUT2D eigenvalue weighted by Gasteiger charge is 2.42. The van der Waals surface area contributed by atoms with Crippen LogP contribution in [-0.2, 0) is 6.61 Å². The third kappa shape index (κ3) is 4.62. The number of fused-ring (bicyclic) bond motifs is 2. The van der Waals surface area contributed by atoms with E-state index in [1.165, 1.54) is 12.1 Å². The molecule has 6 nitrogen and oxygen atoms in total. The third-order valence-corrected chi connectivity index (χ3v) is 6.38. The summed E-state index contributed by atoms with van der Waals surface area (Å²) in [6, 6.07) is 20.4. The van der Waals surface area contributed by atoms with E-state index in [9.17, 15) is 14.0 Å². The summed E-state index contributed by atoms with van der Waals surface area (Å²) in [6.07, 6.45) is 0.726. The van der Waals surface area contributed by atoms with Gasteiger partial charge in [0.15, 0.2) is 5.43 Å². The fraction of sp³-hybridized carbons (Fsp3) is 0.241. The number of carbonyl (C=O) groups is 1. The average Bonchev–Trinajstić information content (AvgIpc) is 3.16. The van der Waals surface area contributed by atoms with E-state index in [4.69, 9.17) is 9.15 Å². The summed E-state index contributed by atoms with van der Waals surface area (Å²) in [4.78, 5) is 30.7. The maximum atomic E-state index is 13.9. The van der Waals surface area contributed by atoms with Crippen molar-refractivity contribution < 1.29 is 18.3 Å². The van der Waals surface area contributed by atoms with Crippen LogP contribution >= 0.6 is 0 Å².